The van der Waals surface area contributed by atoms with E-state index in [1.807, 2.05) is 0 Å². The second kappa shape index (κ2) is 4.82. The van der Waals surface area contributed by atoms with Gasteiger partial charge >= 0.3 is 5.97 Å². The van der Waals surface area contributed by atoms with Crippen molar-refractivity contribution in [3.63, 3.8) is 0 Å². The zero-order valence-electron chi connectivity index (χ0n) is 10.6. The summed E-state index contributed by atoms with van der Waals surface area (Å²) in [6.07, 6.45) is 4.66. The lowest BCUT2D eigenvalue weighted by Gasteiger charge is -2.13. The summed E-state index contributed by atoms with van der Waals surface area (Å²) in [7, 11) is -2.23. The molecule has 7 heteroatoms. The summed E-state index contributed by atoms with van der Waals surface area (Å²) in [5, 5.41) is 9.12. The number of carboxylic acid groups (broad SMARTS) is 1. The van der Waals surface area contributed by atoms with Crippen molar-refractivity contribution in [2.75, 3.05) is 13.6 Å². The Kier molecular flexibility index (Phi) is 3.51. The molecule has 0 saturated heterocycles. The zero-order valence-corrected chi connectivity index (χ0v) is 11.4. The second-order valence-electron chi connectivity index (χ2n) is 4.58. The maximum absolute atomic E-state index is 12.2. The molecule has 0 atom stereocenters. The number of aromatic carboxylic acids is 1. The van der Waals surface area contributed by atoms with E-state index in [-0.39, 0.29) is 23.2 Å². The van der Waals surface area contributed by atoms with Gasteiger partial charge < -0.3 is 9.67 Å². The first kappa shape index (κ1) is 13.8. The standard InChI is InChI=1S/C12H16N2O4S/c1-3-6-13(2)19(17,18)10-7-11(12(15)16)14(8-10)9-4-5-9/h3,7-9H,1,4-6H2,2H3,(H,15,16). The first-order valence-corrected chi connectivity index (χ1v) is 7.34. The summed E-state index contributed by atoms with van der Waals surface area (Å²) in [6, 6.07) is 1.33. The topological polar surface area (TPSA) is 79.6 Å². The number of rotatable bonds is 6. The van der Waals surface area contributed by atoms with Gasteiger partial charge in [0.25, 0.3) is 0 Å². The number of nitrogens with zero attached hydrogens (tertiary/aromatic N) is 2. The van der Waals surface area contributed by atoms with E-state index in [9.17, 15) is 13.2 Å². The minimum absolute atomic E-state index is 0.0150. The maximum atomic E-state index is 12.2. The number of carbonyl (C=O) groups is 1. The quantitative estimate of drug-likeness (QED) is 0.799. The van der Waals surface area contributed by atoms with Gasteiger partial charge in [-0.1, -0.05) is 6.08 Å². The summed E-state index contributed by atoms with van der Waals surface area (Å²) in [6.45, 7) is 3.67. The van der Waals surface area contributed by atoms with Gasteiger partial charge in [-0.15, -0.1) is 6.58 Å². The van der Waals surface area contributed by atoms with E-state index in [1.54, 1.807) is 0 Å². The molecule has 1 heterocycles. The number of aromatic nitrogens is 1. The zero-order chi connectivity index (χ0) is 14.2. The molecule has 1 aromatic heterocycles. The number of hydrogen-bond acceptors (Lipinski definition) is 3. The van der Waals surface area contributed by atoms with Gasteiger partial charge in [0.2, 0.25) is 10.0 Å². The van der Waals surface area contributed by atoms with Crippen molar-refractivity contribution in [2.45, 2.75) is 23.8 Å². The summed E-state index contributed by atoms with van der Waals surface area (Å²) >= 11 is 0. The molecular formula is C12H16N2O4S. The van der Waals surface area contributed by atoms with Gasteiger partial charge in [0, 0.05) is 25.8 Å². The van der Waals surface area contributed by atoms with E-state index in [4.69, 9.17) is 5.11 Å². The van der Waals surface area contributed by atoms with Gasteiger partial charge in [-0.2, -0.15) is 4.31 Å². The Labute approximate surface area is 112 Å². The van der Waals surface area contributed by atoms with E-state index >= 15 is 0 Å². The Balaban J connectivity index is 2.43. The molecule has 0 bridgehead atoms. The van der Waals surface area contributed by atoms with Crippen LogP contribution in [-0.2, 0) is 10.0 Å². The Hall–Kier alpha value is -1.60. The minimum atomic E-state index is -3.66. The molecule has 0 aromatic carbocycles. The van der Waals surface area contributed by atoms with Crippen LogP contribution in [0.3, 0.4) is 0 Å². The fraction of sp³-hybridized carbons (Fsp3) is 0.417. The Morgan fingerprint density at radius 1 is 1.63 bits per heavy atom. The van der Waals surface area contributed by atoms with Gasteiger partial charge in [0.1, 0.15) is 10.6 Å². The molecule has 0 unspecified atom stereocenters. The highest BCUT2D eigenvalue weighted by Gasteiger charge is 2.31. The van der Waals surface area contributed by atoms with Crippen LogP contribution in [0.25, 0.3) is 0 Å². The second-order valence-corrected chi connectivity index (χ2v) is 6.62. The van der Waals surface area contributed by atoms with Crippen LogP contribution in [0.4, 0.5) is 0 Å². The van der Waals surface area contributed by atoms with Gasteiger partial charge in [0.05, 0.1) is 0 Å². The fourth-order valence-corrected chi connectivity index (χ4v) is 3.05. The molecule has 1 N–H and O–H groups in total. The Morgan fingerprint density at radius 2 is 2.26 bits per heavy atom. The molecule has 0 amide bonds. The molecule has 0 aliphatic heterocycles. The van der Waals surface area contributed by atoms with Crippen LogP contribution in [-0.4, -0.2) is 42.0 Å². The van der Waals surface area contributed by atoms with Crippen LogP contribution in [0.2, 0.25) is 0 Å². The summed E-state index contributed by atoms with van der Waals surface area (Å²) < 4.78 is 27.1. The van der Waals surface area contributed by atoms with Crippen LogP contribution in [0.1, 0.15) is 29.4 Å². The average Bonchev–Trinajstić information content (AvgIpc) is 3.07. The van der Waals surface area contributed by atoms with Crippen LogP contribution in [0.5, 0.6) is 0 Å². The number of hydrogen-bond donors (Lipinski definition) is 1. The van der Waals surface area contributed by atoms with Crippen LogP contribution < -0.4 is 0 Å². The predicted octanol–water partition coefficient (Wildman–Crippen LogP) is 1.33. The molecule has 1 fully saturated rings. The highest BCUT2D eigenvalue weighted by Crippen LogP contribution is 2.37. The van der Waals surface area contributed by atoms with Crippen molar-refractivity contribution >= 4 is 16.0 Å². The molecule has 6 nitrogen and oxygen atoms in total. The van der Waals surface area contributed by atoms with Crippen molar-refractivity contribution in [3.8, 4) is 0 Å². The van der Waals surface area contributed by atoms with Crippen LogP contribution >= 0.6 is 0 Å². The lowest BCUT2D eigenvalue weighted by atomic mass is 10.4. The van der Waals surface area contributed by atoms with Crippen molar-refractivity contribution < 1.29 is 18.3 Å². The molecule has 1 aliphatic carbocycles. The van der Waals surface area contributed by atoms with E-state index in [2.05, 4.69) is 6.58 Å². The number of likely N-dealkylation sites (N-methyl/N-ethyl adjacent to an activating group) is 1. The van der Waals surface area contributed by atoms with Crippen molar-refractivity contribution in [2.24, 2.45) is 0 Å². The smallest absolute Gasteiger partial charge is 0.352 e. The molecule has 1 saturated carbocycles. The molecule has 1 aliphatic rings. The lowest BCUT2D eigenvalue weighted by molar-refractivity contribution is 0.0685. The first-order chi connectivity index (χ1) is 8.87. The van der Waals surface area contributed by atoms with E-state index in [1.165, 1.54) is 30.0 Å². The molecule has 0 spiro atoms. The molecule has 1 aromatic rings. The van der Waals surface area contributed by atoms with E-state index in [0.29, 0.717) is 0 Å². The van der Waals surface area contributed by atoms with Crippen molar-refractivity contribution in [1.82, 2.24) is 8.87 Å². The molecule has 104 valence electrons. The normalized spacial score (nSPS) is 15.7. The van der Waals surface area contributed by atoms with Gasteiger partial charge in [0.15, 0.2) is 0 Å². The average molecular weight is 284 g/mol. The Bertz CT molecular complexity index is 614. The Morgan fingerprint density at radius 3 is 2.74 bits per heavy atom. The molecule has 2 rings (SSSR count). The van der Waals surface area contributed by atoms with Gasteiger partial charge in [-0.05, 0) is 18.9 Å². The third kappa shape index (κ3) is 2.57. The highest BCUT2D eigenvalue weighted by molar-refractivity contribution is 7.89. The fourth-order valence-electron chi connectivity index (χ4n) is 1.88. The summed E-state index contributed by atoms with van der Waals surface area (Å²) in [5.74, 6) is -1.11. The monoisotopic (exact) mass is 284 g/mol. The van der Waals surface area contributed by atoms with E-state index in [0.717, 1.165) is 17.1 Å². The molecule has 0 radical (unpaired) electrons. The van der Waals surface area contributed by atoms with E-state index < -0.39 is 16.0 Å². The summed E-state index contributed by atoms with van der Waals surface area (Å²) in [5.41, 5.74) is 0.0214. The third-order valence-corrected chi connectivity index (χ3v) is 4.87. The number of carboxylic acids is 1. The van der Waals surface area contributed by atoms with Crippen molar-refractivity contribution in [1.29, 1.82) is 0 Å². The summed E-state index contributed by atoms with van der Waals surface area (Å²) in [4.78, 5) is 11.2. The van der Waals surface area contributed by atoms with Gasteiger partial charge in [-0.25, -0.2) is 13.2 Å². The van der Waals surface area contributed by atoms with Crippen molar-refractivity contribution in [3.05, 3.63) is 30.6 Å². The largest absolute Gasteiger partial charge is 0.477 e. The SMILES string of the molecule is C=CCN(C)S(=O)(=O)c1cc(C(=O)O)n(C2CC2)c1. The first-order valence-electron chi connectivity index (χ1n) is 5.90. The van der Waals surface area contributed by atoms with Gasteiger partial charge in [-0.3, -0.25) is 0 Å². The highest BCUT2D eigenvalue weighted by atomic mass is 32.2. The maximum Gasteiger partial charge on any atom is 0.352 e. The molecular weight excluding hydrogens is 268 g/mol. The third-order valence-electron chi connectivity index (χ3n) is 3.08. The predicted molar refractivity (Wildman–Crippen MR) is 69.7 cm³/mol. The lowest BCUT2D eigenvalue weighted by Crippen LogP contribution is -2.26. The number of sulfonamides is 1. The van der Waals surface area contributed by atoms with Crippen LogP contribution in [0.15, 0.2) is 29.8 Å². The minimum Gasteiger partial charge on any atom is -0.477 e. The van der Waals surface area contributed by atoms with Crippen LogP contribution in [0, 0.1) is 0 Å². The molecule has 19 heavy (non-hydrogen) atoms.